The van der Waals surface area contributed by atoms with Crippen LogP contribution in [0.5, 0.6) is 5.88 Å². The van der Waals surface area contributed by atoms with Gasteiger partial charge in [-0.1, -0.05) is 6.07 Å². The minimum absolute atomic E-state index is 0.0138. The van der Waals surface area contributed by atoms with Crippen molar-refractivity contribution in [3.05, 3.63) is 23.9 Å². The van der Waals surface area contributed by atoms with Crippen LogP contribution in [-0.2, 0) is 11.3 Å². The van der Waals surface area contributed by atoms with Crippen LogP contribution in [0.3, 0.4) is 0 Å². The van der Waals surface area contributed by atoms with Crippen LogP contribution in [0, 0.1) is 0 Å². The van der Waals surface area contributed by atoms with E-state index in [0.29, 0.717) is 24.9 Å². The molecular weight excluding hydrogens is 270 g/mol. The Balaban J connectivity index is 2.64. The molecule has 1 amide bonds. The number of methoxy groups -OCH3 is 1. The Labute approximate surface area is 125 Å². The highest BCUT2D eigenvalue weighted by molar-refractivity contribution is 5.86. The number of aliphatic imine (C=N–C) groups is 1. The summed E-state index contributed by atoms with van der Waals surface area (Å²) in [5, 5.41) is 6.07. The van der Waals surface area contributed by atoms with Crippen molar-refractivity contribution in [1.29, 1.82) is 0 Å². The molecule has 7 nitrogen and oxygen atoms in total. The highest BCUT2D eigenvalue weighted by Crippen LogP contribution is 2.07. The van der Waals surface area contributed by atoms with E-state index in [-0.39, 0.29) is 12.5 Å². The lowest BCUT2D eigenvalue weighted by atomic mass is 10.3. The predicted molar refractivity (Wildman–Crippen MR) is 82.3 cm³/mol. The van der Waals surface area contributed by atoms with Crippen molar-refractivity contribution in [3.63, 3.8) is 0 Å². The quantitative estimate of drug-likeness (QED) is 0.580. The fourth-order valence-electron chi connectivity index (χ4n) is 1.48. The molecule has 0 aliphatic rings. The summed E-state index contributed by atoms with van der Waals surface area (Å²) in [7, 11) is 5.01. The fourth-order valence-corrected chi connectivity index (χ4v) is 1.48. The number of rotatable bonds is 6. The summed E-state index contributed by atoms with van der Waals surface area (Å²) in [5.74, 6) is 1.13. The maximum absolute atomic E-state index is 11.6. The third-order valence-electron chi connectivity index (χ3n) is 2.64. The number of nitrogens with zero attached hydrogens (tertiary/aromatic N) is 3. The number of pyridine rings is 1. The van der Waals surface area contributed by atoms with Gasteiger partial charge < -0.3 is 20.3 Å². The van der Waals surface area contributed by atoms with Crippen molar-refractivity contribution < 1.29 is 9.53 Å². The fraction of sp³-hybridized carbons (Fsp3) is 0.500. The van der Waals surface area contributed by atoms with Crippen molar-refractivity contribution in [2.75, 3.05) is 34.3 Å². The number of nitrogens with one attached hydrogen (secondary N) is 2. The highest BCUT2D eigenvalue weighted by Gasteiger charge is 2.05. The van der Waals surface area contributed by atoms with E-state index < -0.39 is 0 Å². The Morgan fingerprint density at radius 2 is 2.14 bits per heavy atom. The van der Waals surface area contributed by atoms with E-state index in [1.54, 1.807) is 27.3 Å². The molecule has 0 aromatic carbocycles. The number of amides is 1. The van der Waals surface area contributed by atoms with Gasteiger partial charge in [-0.15, -0.1) is 0 Å². The Kier molecular flexibility index (Phi) is 7.00. The molecule has 21 heavy (non-hydrogen) atoms. The first-order valence-electron chi connectivity index (χ1n) is 6.79. The van der Waals surface area contributed by atoms with Crippen molar-refractivity contribution in [2.24, 2.45) is 4.99 Å². The molecular formula is C14H23N5O2. The van der Waals surface area contributed by atoms with Gasteiger partial charge in [0, 0.05) is 26.7 Å². The molecule has 0 unspecified atom stereocenters. The molecule has 0 bridgehead atoms. The van der Waals surface area contributed by atoms with Gasteiger partial charge in [0.05, 0.1) is 25.9 Å². The SMILES string of the molecule is CCNC(=NCc1cccc(OC)n1)NCC(=O)N(C)C. The largest absolute Gasteiger partial charge is 0.481 e. The van der Waals surface area contributed by atoms with Crippen LogP contribution in [-0.4, -0.2) is 56.0 Å². The number of aromatic nitrogens is 1. The average molecular weight is 293 g/mol. The molecule has 0 atom stereocenters. The van der Waals surface area contributed by atoms with Crippen molar-refractivity contribution in [2.45, 2.75) is 13.5 Å². The molecule has 2 N–H and O–H groups in total. The number of hydrogen-bond acceptors (Lipinski definition) is 4. The molecule has 0 aliphatic carbocycles. The summed E-state index contributed by atoms with van der Waals surface area (Å²) in [4.78, 5) is 21.8. The zero-order chi connectivity index (χ0) is 15.7. The number of guanidine groups is 1. The summed E-state index contributed by atoms with van der Waals surface area (Å²) >= 11 is 0. The van der Waals surface area contributed by atoms with Gasteiger partial charge in [0.1, 0.15) is 0 Å². The van der Waals surface area contributed by atoms with E-state index in [1.165, 1.54) is 4.90 Å². The van der Waals surface area contributed by atoms with Crippen LogP contribution in [0.1, 0.15) is 12.6 Å². The second-order valence-corrected chi connectivity index (χ2v) is 4.51. The van der Waals surface area contributed by atoms with E-state index in [0.717, 1.165) is 5.69 Å². The summed E-state index contributed by atoms with van der Waals surface area (Å²) in [6.07, 6.45) is 0. The van der Waals surface area contributed by atoms with Crippen LogP contribution < -0.4 is 15.4 Å². The van der Waals surface area contributed by atoms with E-state index >= 15 is 0 Å². The van der Waals surface area contributed by atoms with Crippen LogP contribution in [0.25, 0.3) is 0 Å². The first kappa shape index (κ1) is 16.7. The maximum Gasteiger partial charge on any atom is 0.241 e. The predicted octanol–water partition coefficient (Wildman–Crippen LogP) is 0.234. The molecule has 0 spiro atoms. The molecule has 0 radical (unpaired) electrons. The number of carbonyl (C=O) groups excluding carboxylic acids is 1. The van der Waals surface area contributed by atoms with Crippen molar-refractivity contribution in [3.8, 4) is 5.88 Å². The third-order valence-corrected chi connectivity index (χ3v) is 2.64. The Morgan fingerprint density at radius 1 is 1.38 bits per heavy atom. The molecule has 0 fully saturated rings. The smallest absolute Gasteiger partial charge is 0.241 e. The topological polar surface area (TPSA) is 78.9 Å². The van der Waals surface area contributed by atoms with Crippen molar-refractivity contribution >= 4 is 11.9 Å². The molecule has 0 aliphatic heterocycles. The van der Waals surface area contributed by atoms with Crippen LogP contribution in [0.4, 0.5) is 0 Å². The van der Waals surface area contributed by atoms with Gasteiger partial charge in [0.15, 0.2) is 5.96 Å². The normalized spacial score (nSPS) is 11.0. The number of likely N-dealkylation sites (N-methyl/N-ethyl adjacent to an activating group) is 1. The van der Waals surface area contributed by atoms with Gasteiger partial charge in [-0.3, -0.25) is 4.79 Å². The van der Waals surface area contributed by atoms with Gasteiger partial charge in [0.2, 0.25) is 11.8 Å². The minimum Gasteiger partial charge on any atom is -0.481 e. The van der Waals surface area contributed by atoms with Gasteiger partial charge in [-0.25, -0.2) is 9.98 Å². The molecule has 0 saturated heterocycles. The standard InChI is InChI=1S/C14H23N5O2/c1-5-15-14(17-10-13(20)19(2)3)16-9-11-7-6-8-12(18-11)21-4/h6-8H,5,9-10H2,1-4H3,(H2,15,16,17). The van der Waals surface area contributed by atoms with E-state index in [1.807, 2.05) is 19.1 Å². The van der Waals surface area contributed by atoms with Crippen LogP contribution in [0.2, 0.25) is 0 Å². The van der Waals surface area contributed by atoms with Crippen LogP contribution >= 0.6 is 0 Å². The lowest BCUT2D eigenvalue weighted by Gasteiger charge is -2.14. The molecule has 1 aromatic rings. The number of carbonyl (C=O) groups is 1. The van der Waals surface area contributed by atoms with E-state index in [4.69, 9.17) is 4.74 Å². The summed E-state index contributed by atoms with van der Waals surface area (Å²) in [5.41, 5.74) is 0.797. The first-order valence-corrected chi connectivity index (χ1v) is 6.79. The molecule has 1 aromatic heterocycles. The molecule has 7 heteroatoms. The maximum atomic E-state index is 11.6. The Bertz CT molecular complexity index is 488. The monoisotopic (exact) mass is 293 g/mol. The van der Waals surface area contributed by atoms with Gasteiger partial charge in [-0.05, 0) is 13.0 Å². The summed E-state index contributed by atoms with van der Waals surface area (Å²) in [6.45, 7) is 3.29. The minimum atomic E-state index is -0.0138. The second-order valence-electron chi connectivity index (χ2n) is 4.51. The number of ether oxygens (including phenoxy) is 1. The second kappa shape index (κ2) is 8.78. The lowest BCUT2D eigenvalue weighted by Crippen LogP contribution is -2.42. The van der Waals surface area contributed by atoms with E-state index in [9.17, 15) is 4.79 Å². The van der Waals surface area contributed by atoms with Crippen LogP contribution in [0.15, 0.2) is 23.2 Å². The lowest BCUT2D eigenvalue weighted by molar-refractivity contribution is -0.127. The highest BCUT2D eigenvalue weighted by atomic mass is 16.5. The molecule has 0 saturated carbocycles. The molecule has 116 valence electrons. The van der Waals surface area contributed by atoms with Gasteiger partial charge >= 0.3 is 0 Å². The zero-order valence-corrected chi connectivity index (χ0v) is 13.0. The Morgan fingerprint density at radius 3 is 2.76 bits per heavy atom. The molecule has 1 heterocycles. The van der Waals surface area contributed by atoms with E-state index in [2.05, 4.69) is 20.6 Å². The third kappa shape index (κ3) is 6.11. The van der Waals surface area contributed by atoms with Gasteiger partial charge in [0.25, 0.3) is 0 Å². The molecule has 1 rings (SSSR count). The average Bonchev–Trinajstić information content (AvgIpc) is 2.49. The summed E-state index contributed by atoms with van der Waals surface area (Å²) < 4.78 is 5.07. The Hall–Kier alpha value is -2.31. The number of hydrogen-bond donors (Lipinski definition) is 2. The first-order chi connectivity index (χ1) is 10.1. The summed E-state index contributed by atoms with van der Waals surface area (Å²) in [6, 6.07) is 5.53. The van der Waals surface area contributed by atoms with Crippen molar-refractivity contribution in [1.82, 2.24) is 20.5 Å². The zero-order valence-electron chi connectivity index (χ0n) is 13.0. The van der Waals surface area contributed by atoms with Gasteiger partial charge in [-0.2, -0.15) is 0 Å².